The number of aromatic amines is 1. The molecule has 10 heteroatoms. The number of H-pyrrole nitrogens is 1. The van der Waals surface area contributed by atoms with Gasteiger partial charge in [-0.05, 0) is 13.0 Å². The number of hydrogen-bond donors (Lipinski definition) is 3. The van der Waals surface area contributed by atoms with Crippen LogP contribution in [0.2, 0.25) is 0 Å². The van der Waals surface area contributed by atoms with E-state index in [2.05, 4.69) is 9.51 Å². The molecule has 20 heavy (non-hydrogen) atoms. The Bertz CT molecular complexity index is 686. The van der Waals surface area contributed by atoms with Gasteiger partial charge >= 0.3 is 13.5 Å². The third-order valence-corrected chi connectivity index (χ3v) is 3.12. The van der Waals surface area contributed by atoms with Crippen LogP contribution in [0.5, 0.6) is 0 Å². The number of aromatic nitrogens is 2. The maximum atomic E-state index is 11.6. The minimum absolute atomic E-state index is 0.339. The summed E-state index contributed by atoms with van der Waals surface area (Å²) < 4.78 is 21.4. The van der Waals surface area contributed by atoms with Crippen molar-refractivity contribution in [3.8, 4) is 0 Å². The fourth-order valence-electron chi connectivity index (χ4n) is 1.69. The molecule has 1 aromatic rings. The maximum Gasteiger partial charge on any atom is 0.469 e. The standard InChI is InChI=1S/C10H13N2O7P/c1-6-4-12(10(14)11-9(6)13)8-3-2-7(19-8)5-18-20(15,16)17/h2-4,7-8H,5H2,1H3,(H,11,13,14)(H2,15,16,17)/t7-,8?/m0/s1. The molecule has 110 valence electrons. The van der Waals surface area contributed by atoms with Gasteiger partial charge in [0.2, 0.25) is 0 Å². The van der Waals surface area contributed by atoms with Crippen LogP contribution in [0.1, 0.15) is 11.8 Å². The highest BCUT2D eigenvalue weighted by molar-refractivity contribution is 7.46. The first-order valence-corrected chi connectivity index (χ1v) is 7.15. The molecule has 1 unspecified atom stereocenters. The maximum absolute atomic E-state index is 11.6. The first-order valence-electron chi connectivity index (χ1n) is 5.62. The summed E-state index contributed by atoms with van der Waals surface area (Å²) in [6.07, 6.45) is 2.96. The summed E-state index contributed by atoms with van der Waals surface area (Å²) >= 11 is 0. The highest BCUT2D eigenvalue weighted by atomic mass is 31.2. The van der Waals surface area contributed by atoms with Crippen LogP contribution in [-0.2, 0) is 13.8 Å². The number of phosphoric ester groups is 1. The largest absolute Gasteiger partial charge is 0.469 e. The molecule has 3 N–H and O–H groups in total. The summed E-state index contributed by atoms with van der Waals surface area (Å²) in [5.74, 6) is 0. The van der Waals surface area contributed by atoms with Crippen LogP contribution >= 0.6 is 7.82 Å². The van der Waals surface area contributed by atoms with Gasteiger partial charge in [-0.25, -0.2) is 9.36 Å². The number of hydrogen-bond acceptors (Lipinski definition) is 5. The van der Waals surface area contributed by atoms with E-state index in [1.807, 2.05) is 0 Å². The van der Waals surface area contributed by atoms with Crippen LogP contribution in [0.4, 0.5) is 0 Å². The van der Waals surface area contributed by atoms with E-state index in [0.717, 1.165) is 0 Å². The number of ether oxygens (including phenoxy) is 1. The predicted molar refractivity (Wildman–Crippen MR) is 67.1 cm³/mol. The van der Waals surface area contributed by atoms with Crippen molar-refractivity contribution in [3.63, 3.8) is 0 Å². The van der Waals surface area contributed by atoms with Crippen LogP contribution in [0.15, 0.2) is 27.9 Å². The summed E-state index contributed by atoms with van der Waals surface area (Å²) in [4.78, 5) is 42.2. The SMILES string of the molecule is Cc1cn(C2C=C[C@@H](COP(=O)(O)O)O2)c(=O)[nH]c1=O. The number of nitrogens with one attached hydrogen (secondary N) is 1. The van der Waals surface area contributed by atoms with E-state index in [0.29, 0.717) is 5.56 Å². The van der Waals surface area contributed by atoms with Crippen molar-refractivity contribution in [2.75, 3.05) is 6.61 Å². The summed E-state index contributed by atoms with van der Waals surface area (Å²) in [5.41, 5.74) is -0.766. The van der Waals surface area contributed by atoms with E-state index in [-0.39, 0.29) is 6.61 Å². The van der Waals surface area contributed by atoms with Gasteiger partial charge in [0.05, 0.1) is 6.61 Å². The zero-order valence-corrected chi connectivity index (χ0v) is 11.3. The normalized spacial score (nSPS) is 22.4. The Kier molecular flexibility index (Phi) is 4.07. The van der Waals surface area contributed by atoms with Crippen molar-refractivity contribution < 1.29 is 23.6 Å². The first-order chi connectivity index (χ1) is 9.26. The molecule has 1 aromatic heterocycles. The topological polar surface area (TPSA) is 131 Å². The zero-order valence-electron chi connectivity index (χ0n) is 10.4. The molecule has 0 bridgehead atoms. The summed E-state index contributed by atoms with van der Waals surface area (Å²) in [5, 5.41) is 0. The Morgan fingerprint density at radius 1 is 1.45 bits per heavy atom. The molecule has 0 amide bonds. The molecule has 0 saturated heterocycles. The first kappa shape index (κ1) is 14.9. The minimum atomic E-state index is -4.56. The number of aryl methyl sites for hydroxylation is 1. The lowest BCUT2D eigenvalue weighted by Crippen LogP contribution is -2.33. The Balaban J connectivity index is 2.09. The van der Waals surface area contributed by atoms with Crippen LogP contribution in [0.3, 0.4) is 0 Å². The number of nitrogens with zero attached hydrogens (tertiary/aromatic N) is 1. The Morgan fingerprint density at radius 3 is 2.80 bits per heavy atom. The lowest BCUT2D eigenvalue weighted by molar-refractivity contribution is -0.0105. The molecule has 9 nitrogen and oxygen atoms in total. The van der Waals surface area contributed by atoms with E-state index < -0.39 is 31.4 Å². The van der Waals surface area contributed by atoms with Gasteiger partial charge < -0.3 is 14.5 Å². The predicted octanol–water partition coefficient (Wildman–Crippen LogP) is -0.592. The summed E-state index contributed by atoms with van der Waals surface area (Å²) in [6, 6.07) is 0. The molecule has 1 aliphatic rings. The van der Waals surface area contributed by atoms with Crippen LogP contribution < -0.4 is 11.2 Å². The molecule has 0 aromatic carbocycles. The Morgan fingerprint density at radius 2 is 2.15 bits per heavy atom. The second-order valence-corrected chi connectivity index (χ2v) is 5.45. The molecule has 2 rings (SSSR count). The summed E-state index contributed by atoms with van der Waals surface area (Å²) in [6.45, 7) is 1.20. The highest BCUT2D eigenvalue weighted by Gasteiger charge is 2.25. The van der Waals surface area contributed by atoms with Crippen molar-refractivity contribution >= 4 is 7.82 Å². The lowest BCUT2D eigenvalue weighted by Gasteiger charge is -2.16. The highest BCUT2D eigenvalue weighted by Crippen LogP contribution is 2.36. The number of rotatable bonds is 4. The van der Waals surface area contributed by atoms with Crippen molar-refractivity contribution in [3.05, 3.63) is 44.8 Å². The van der Waals surface area contributed by atoms with Crippen molar-refractivity contribution in [2.45, 2.75) is 19.3 Å². The van der Waals surface area contributed by atoms with Crippen molar-refractivity contribution in [2.24, 2.45) is 0 Å². The molecule has 0 fully saturated rings. The summed E-state index contributed by atoms with van der Waals surface area (Å²) in [7, 11) is -4.56. The van der Waals surface area contributed by atoms with Crippen LogP contribution in [-0.4, -0.2) is 32.0 Å². The van der Waals surface area contributed by atoms with Gasteiger partial charge in [0.15, 0.2) is 6.23 Å². The van der Waals surface area contributed by atoms with Crippen molar-refractivity contribution in [1.29, 1.82) is 0 Å². The fourth-order valence-corrected chi connectivity index (χ4v) is 2.03. The van der Waals surface area contributed by atoms with E-state index >= 15 is 0 Å². The second kappa shape index (κ2) is 5.47. The molecule has 2 atom stereocenters. The van der Waals surface area contributed by atoms with Crippen molar-refractivity contribution in [1.82, 2.24) is 9.55 Å². The molecular weight excluding hydrogens is 291 g/mol. The second-order valence-electron chi connectivity index (χ2n) is 4.21. The third kappa shape index (κ3) is 3.53. The van der Waals surface area contributed by atoms with Crippen LogP contribution in [0.25, 0.3) is 0 Å². The van der Waals surface area contributed by atoms with Gasteiger partial charge in [-0.15, -0.1) is 0 Å². The number of phosphoric acid groups is 1. The van der Waals surface area contributed by atoms with Gasteiger partial charge in [-0.2, -0.15) is 0 Å². The van der Waals surface area contributed by atoms with E-state index in [1.165, 1.54) is 22.9 Å². The molecule has 0 spiro atoms. The Hall–Kier alpha value is -1.51. The average Bonchev–Trinajstić information content (AvgIpc) is 2.79. The quantitative estimate of drug-likeness (QED) is 0.500. The van der Waals surface area contributed by atoms with E-state index in [9.17, 15) is 14.2 Å². The van der Waals surface area contributed by atoms with Gasteiger partial charge in [-0.1, -0.05) is 6.08 Å². The third-order valence-electron chi connectivity index (χ3n) is 2.63. The molecule has 0 saturated carbocycles. The molecule has 1 aliphatic heterocycles. The molecule has 0 radical (unpaired) electrons. The molecule has 2 heterocycles. The van der Waals surface area contributed by atoms with Gasteiger partial charge in [-0.3, -0.25) is 18.9 Å². The smallest absolute Gasteiger partial charge is 0.344 e. The monoisotopic (exact) mass is 304 g/mol. The minimum Gasteiger partial charge on any atom is -0.344 e. The van der Waals surface area contributed by atoms with E-state index in [4.69, 9.17) is 14.5 Å². The fraction of sp³-hybridized carbons (Fsp3) is 0.400. The van der Waals surface area contributed by atoms with Gasteiger partial charge in [0.1, 0.15) is 6.10 Å². The molecule has 0 aliphatic carbocycles. The van der Waals surface area contributed by atoms with Crippen LogP contribution in [0, 0.1) is 6.92 Å². The van der Waals surface area contributed by atoms with E-state index in [1.54, 1.807) is 6.92 Å². The average molecular weight is 304 g/mol. The van der Waals surface area contributed by atoms with Gasteiger partial charge in [0, 0.05) is 11.8 Å². The zero-order chi connectivity index (χ0) is 14.9. The lowest BCUT2D eigenvalue weighted by atomic mass is 10.3. The molecular formula is C10H13N2O7P. The van der Waals surface area contributed by atoms with Gasteiger partial charge in [0.25, 0.3) is 5.56 Å². The Labute approximate surface area is 112 Å².